The molecule has 0 bridgehead atoms. The van der Waals surface area contributed by atoms with E-state index in [9.17, 15) is 0 Å². The van der Waals surface area contributed by atoms with E-state index in [-0.39, 0.29) is 0 Å². The van der Waals surface area contributed by atoms with E-state index in [1.54, 1.807) is 0 Å². The molecule has 1 aliphatic rings. The van der Waals surface area contributed by atoms with E-state index in [1.807, 2.05) is 11.8 Å². The third-order valence-corrected chi connectivity index (χ3v) is 13.7. The molecule has 59 heavy (non-hydrogen) atoms. The predicted molar refractivity (Wildman–Crippen MR) is 248 cm³/mol. The molecular formula is C55H35N3S. The second-order valence-corrected chi connectivity index (χ2v) is 16.8. The molecule has 0 N–H and O–H groups in total. The lowest BCUT2D eigenvalue weighted by atomic mass is 10.00. The average molecular weight is 770 g/mol. The Morgan fingerprint density at radius 2 is 0.627 bits per heavy atom. The van der Waals surface area contributed by atoms with Crippen LogP contribution in [-0.4, -0.2) is 13.7 Å². The van der Waals surface area contributed by atoms with Crippen LogP contribution in [0.2, 0.25) is 0 Å². The molecule has 3 aromatic heterocycles. The van der Waals surface area contributed by atoms with Crippen molar-refractivity contribution in [2.24, 2.45) is 0 Å². The fraction of sp³-hybridized carbons (Fsp3) is 0.0182. The molecule has 0 amide bonds. The maximum Gasteiger partial charge on any atom is 0.0552 e. The highest BCUT2D eigenvalue weighted by atomic mass is 32.2. The van der Waals surface area contributed by atoms with Crippen LogP contribution in [0.3, 0.4) is 0 Å². The van der Waals surface area contributed by atoms with Gasteiger partial charge in [0.25, 0.3) is 0 Å². The summed E-state index contributed by atoms with van der Waals surface area (Å²) >= 11 is 1.91. The topological polar surface area (TPSA) is 14.8 Å². The van der Waals surface area contributed by atoms with Crippen LogP contribution in [0.4, 0.5) is 0 Å². The standard InChI is InChI=1S/C55H35N3S/c1-2-12-35(13-3-1)36-22-24-39(25-23-36)57-50-20-10-6-16-44(50)46-31-37-30-38-32-47-45-17-7-11-21-51(45)58(53(47)34-55(38)59-54(37)33-52(46)57)41-28-26-40(27-29-41)56-48-18-8-4-14-42(48)43-15-5-9-19-49(43)56/h1-29,31-34H,30H2. The van der Waals surface area contributed by atoms with Crippen molar-refractivity contribution < 1.29 is 0 Å². The van der Waals surface area contributed by atoms with Crippen molar-refractivity contribution in [3.05, 3.63) is 211 Å². The van der Waals surface area contributed by atoms with Gasteiger partial charge in [0.15, 0.2) is 0 Å². The van der Waals surface area contributed by atoms with Crippen LogP contribution < -0.4 is 0 Å². The summed E-state index contributed by atoms with van der Waals surface area (Å²) in [6.45, 7) is 0. The zero-order valence-corrected chi connectivity index (χ0v) is 32.8. The van der Waals surface area contributed by atoms with Gasteiger partial charge in [-0.2, -0.15) is 0 Å². The maximum absolute atomic E-state index is 2.47. The van der Waals surface area contributed by atoms with Crippen molar-refractivity contribution >= 4 is 77.2 Å². The highest BCUT2D eigenvalue weighted by Gasteiger charge is 2.24. The Labute approximate surface area is 345 Å². The number of rotatable bonds is 4. The van der Waals surface area contributed by atoms with Gasteiger partial charge in [-0.25, -0.2) is 0 Å². The fourth-order valence-corrected chi connectivity index (χ4v) is 10.9. The average Bonchev–Trinajstić information content (AvgIpc) is 3.92. The normalized spacial score (nSPS) is 12.6. The Morgan fingerprint density at radius 1 is 0.288 bits per heavy atom. The van der Waals surface area contributed by atoms with Gasteiger partial charge in [0, 0.05) is 59.2 Å². The summed E-state index contributed by atoms with van der Waals surface area (Å²) < 4.78 is 7.29. The Morgan fingerprint density at radius 3 is 1.07 bits per heavy atom. The van der Waals surface area contributed by atoms with Crippen LogP contribution in [0.25, 0.3) is 93.6 Å². The molecule has 0 radical (unpaired) electrons. The Bertz CT molecular complexity index is 3590. The number of hydrogen-bond acceptors (Lipinski definition) is 1. The van der Waals surface area contributed by atoms with Gasteiger partial charge in [-0.3, -0.25) is 0 Å². The minimum atomic E-state index is 0.905. The van der Waals surface area contributed by atoms with Crippen LogP contribution in [0.15, 0.2) is 210 Å². The maximum atomic E-state index is 2.47. The molecule has 0 unspecified atom stereocenters. The summed E-state index contributed by atoms with van der Waals surface area (Å²) in [5.74, 6) is 0. The number of hydrogen-bond donors (Lipinski definition) is 0. The molecule has 13 rings (SSSR count). The van der Waals surface area contributed by atoms with Gasteiger partial charge in [0.05, 0.1) is 33.1 Å². The van der Waals surface area contributed by atoms with E-state index >= 15 is 0 Å². The van der Waals surface area contributed by atoms with Gasteiger partial charge in [0.2, 0.25) is 0 Å². The third kappa shape index (κ3) is 4.90. The monoisotopic (exact) mass is 769 g/mol. The fourth-order valence-electron chi connectivity index (χ4n) is 9.81. The van der Waals surface area contributed by atoms with Gasteiger partial charge >= 0.3 is 0 Å². The van der Waals surface area contributed by atoms with E-state index in [0.717, 1.165) is 17.8 Å². The molecule has 276 valence electrons. The van der Waals surface area contributed by atoms with Crippen molar-refractivity contribution in [3.8, 4) is 28.2 Å². The highest BCUT2D eigenvalue weighted by molar-refractivity contribution is 7.99. The van der Waals surface area contributed by atoms with Crippen LogP contribution in [0.5, 0.6) is 0 Å². The molecule has 9 aromatic carbocycles. The van der Waals surface area contributed by atoms with Gasteiger partial charge in [-0.15, -0.1) is 0 Å². The van der Waals surface area contributed by atoms with E-state index in [2.05, 4.69) is 214 Å². The predicted octanol–water partition coefficient (Wildman–Crippen LogP) is 14.7. The number of nitrogens with zero attached hydrogens (tertiary/aromatic N) is 3. The molecular weight excluding hydrogens is 735 g/mol. The number of para-hydroxylation sites is 4. The lowest BCUT2D eigenvalue weighted by Crippen LogP contribution is -2.02. The quantitative estimate of drug-likeness (QED) is 0.174. The third-order valence-electron chi connectivity index (χ3n) is 12.5. The largest absolute Gasteiger partial charge is 0.309 e. The van der Waals surface area contributed by atoms with E-state index in [4.69, 9.17) is 0 Å². The second-order valence-electron chi connectivity index (χ2n) is 15.7. The molecule has 12 aromatic rings. The molecule has 4 heterocycles. The summed E-state index contributed by atoms with van der Waals surface area (Å²) in [6.07, 6.45) is 0.905. The van der Waals surface area contributed by atoms with Gasteiger partial charge in [0.1, 0.15) is 0 Å². The Balaban J connectivity index is 0.932. The van der Waals surface area contributed by atoms with E-state index in [0.29, 0.717) is 0 Å². The first-order valence-corrected chi connectivity index (χ1v) is 21.1. The van der Waals surface area contributed by atoms with Gasteiger partial charge in [-0.05, 0) is 114 Å². The molecule has 0 aliphatic carbocycles. The molecule has 0 saturated heterocycles. The molecule has 3 nitrogen and oxygen atoms in total. The Kier molecular flexibility index (Phi) is 7.01. The van der Waals surface area contributed by atoms with Gasteiger partial charge < -0.3 is 13.7 Å². The van der Waals surface area contributed by atoms with Crippen molar-refractivity contribution in [2.75, 3.05) is 0 Å². The van der Waals surface area contributed by atoms with E-state index in [1.165, 1.54) is 103 Å². The summed E-state index contributed by atoms with van der Waals surface area (Å²) in [5, 5.41) is 7.72. The van der Waals surface area contributed by atoms with Crippen LogP contribution in [0.1, 0.15) is 11.1 Å². The van der Waals surface area contributed by atoms with Crippen LogP contribution in [0, 0.1) is 0 Å². The van der Waals surface area contributed by atoms with Crippen LogP contribution in [-0.2, 0) is 6.42 Å². The van der Waals surface area contributed by atoms with Crippen molar-refractivity contribution in [2.45, 2.75) is 16.2 Å². The van der Waals surface area contributed by atoms with Crippen molar-refractivity contribution in [3.63, 3.8) is 0 Å². The number of fused-ring (bicyclic) bond motifs is 11. The molecule has 0 fully saturated rings. The minimum Gasteiger partial charge on any atom is -0.309 e. The van der Waals surface area contributed by atoms with Crippen molar-refractivity contribution in [1.82, 2.24) is 13.7 Å². The molecule has 0 atom stereocenters. The first-order chi connectivity index (χ1) is 29.2. The number of benzene rings is 9. The summed E-state index contributed by atoms with van der Waals surface area (Å²) in [6, 6.07) is 73.7. The SMILES string of the molecule is c1ccc(-c2ccc(-n3c4ccccc4c4cc5c(cc43)Sc3cc4c(cc3C5)c3ccccc3n4-c3ccc(-n4c5ccccc5c5ccccc54)cc3)cc2)cc1. The Hall–Kier alpha value is -7.27. The molecule has 1 aliphatic heterocycles. The molecule has 4 heteroatoms. The smallest absolute Gasteiger partial charge is 0.0552 e. The lowest BCUT2D eigenvalue weighted by Gasteiger charge is -2.20. The lowest BCUT2D eigenvalue weighted by molar-refractivity contribution is 1.06. The number of aromatic nitrogens is 3. The summed E-state index contributed by atoms with van der Waals surface area (Å²) in [4.78, 5) is 2.65. The molecule has 0 spiro atoms. The first kappa shape index (κ1) is 32.8. The highest BCUT2D eigenvalue weighted by Crippen LogP contribution is 2.46. The molecule has 0 saturated carbocycles. The second kappa shape index (κ2) is 12.6. The zero-order chi connectivity index (χ0) is 38.6. The zero-order valence-electron chi connectivity index (χ0n) is 32.0. The van der Waals surface area contributed by atoms with E-state index < -0.39 is 0 Å². The summed E-state index contributed by atoms with van der Waals surface area (Å²) in [7, 11) is 0. The minimum absolute atomic E-state index is 0.905. The van der Waals surface area contributed by atoms with Crippen LogP contribution >= 0.6 is 11.8 Å². The van der Waals surface area contributed by atoms with Crippen molar-refractivity contribution in [1.29, 1.82) is 0 Å². The van der Waals surface area contributed by atoms with Gasteiger partial charge in [-0.1, -0.05) is 127 Å². The summed E-state index contributed by atoms with van der Waals surface area (Å²) in [5.41, 5.74) is 16.1. The first-order valence-electron chi connectivity index (χ1n) is 20.3.